The number of para-hydroxylation sites is 1. The highest BCUT2D eigenvalue weighted by atomic mass is 35.5. The molecule has 1 saturated heterocycles. The van der Waals surface area contributed by atoms with Crippen LogP contribution in [0, 0.1) is 11.8 Å². The Morgan fingerprint density at radius 2 is 1.43 bits per heavy atom. The average molecular weight is 546 g/mol. The van der Waals surface area contributed by atoms with Gasteiger partial charge >= 0.3 is 0 Å². The first-order valence-electron chi connectivity index (χ1n) is 13.2. The van der Waals surface area contributed by atoms with Crippen molar-refractivity contribution in [2.75, 3.05) is 4.90 Å². The molecule has 196 valence electrons. The van der Waals surface area contributed by atoms with Crippen LogP contribution in [0.1, 0.15) is 33.7 Å². The molecule has 7 heteroatoms. The van der Waals surface area contributed by atoms with Crippen LogP contribution in [0.2, 0.25) is 5.02 Å². The normalized spacial score (nSPS) is 24.1. The smallest absolute Gasteiger partial charge is 0.244 e. The monoisotopic (exact) mass is 545 g/mol. The zero-order valence-electron chi connectivity index (χ0n) is 21.3. The highest BCUT2D eigenvalue weighted by Gasteiger charge is 2.68. The molecule has 4 aromatic carbocycles. The van der Waals surface area contributed by atoms with Crippen LogP contribution in [-0.2, 0) is 26.2 Å². The maximum Gasteiger partial charge on any atom is 0.244 e. The van der Waals surface area contributed by atoms with Crippen LogP contribution in [0.15, 0.2) is 108 Å². The van der Waals surface area contributed by atoms with Crippen molar-refractivity contribution in [1.82, 2.24) is 5.43 Å². The number of rotatable bonds is 5. The third kappa shape index (κ3) is 3.49. The molecule has 0 spiro atoms. The highest BCUT2D eigenvalue weighted by Crippen LogP contribution is 2.63. The van der Waals surface area contributed by atoms with Crippen LogP contribution < -0.4 is 10.3 Å². The topological polar surface area (TPSA) is 78.8 Å². The molecule has 0 unspecified atom stereocenters. The van der Waals surface area contributed by atoms with E-state index in [-0.39, 0.29) is 30.1 Å². The molecule has 1 heterocycles. The molecule has 2 bridgehead atoms. The number of amides is 3. The van der Waals surface area contributed by atoms with Gasteiger partial charge in [-0.3, -0.25) is 14.4 Å². The number of anilines is 1. The van der Waals surface area contributed by atoms with Gasteiger partial charge in [0.15, 0.2) is 0 Å². The first kappa shape index (κ1) is 24.5. The standard InChI is InChI=1S/C33H24ClN3O3/c34-21-16-14-20(15-17-21)18-27(38)36-35-19-33-25-12-6-4-10-23(25)28(24-11-5-7-13-26(24)33)29-30(33)32(40)37(31(29)39)22-8-2-1-3-9-22/h1-17,19,28-30H,18H2,(H,36,38)/b35-19-/t28?,29-,30+,33?/m1/s1. The number of hydrogen-bond acceptors (Lipinski definition) is 4. The Morgan fingerprint density at radius 3 is 2.08 bits per heavy atom. The van der Waals surface area contributed by atoms with Gasteiger partial charge in [-0.2, -0.15) is 5.10 Å². The third-order valence-corrected chi connectivity index (χ3v) is 8.69. The Balaban J connectivity index is 1.34. The molecule has 0 aromatic heterocycles. The Labute approximate surface area is 236 Å². The van der Waals surface area contributed by atoms with Crippen molar-refractivity contribution in [3.8, 4) is 0 Å². The lowest BCUT2D eigenvalue weighted by atomic mass is 9.47. The maximum atomic E-state index is 14.3. The van der Waals surface area contributed by atoms with E-state index in [1.165, 1.54) is 4.90 Å². The summed E-state index contributed by atoms with van der Waals surface area (Å²) in [5.41, 5.74) is 6.90. The number of hydrazone groups is 1. The number of nitrogens with one attached hydrogen (secondary N) is 1. The summed E-state index contributed by atoms with van der Waals surface area (Å²) in [6.45, 7) is 0. The third-order valence-electron chi connectivity index (χ3n) is 8.43. The lowest BCUT2D eigenvalue weighted by Gasteiger charge is -2.52. The second kappa shape index (κ2) is 9.28. The van der Waals surface area contributed by atoms with Crippen molar-refractivity contribution >= 4 is 41.2 Å². The highest BCUT2D eigenvalue weighted by molar-refractivity contribution is 6.30. The second-order valence-electron chi connectivity index (χ2n) is 10.5. The fourth-order valence-electron chi connectivity index (χ4n) is 6.91. The van der Waals surface area contributed by atoms with E-state index in [9.17, 15) is 14.4 Å². The largest absolute Gasteiger partial charge is 0.274 e. The Morgan fingerprint density at radius 1 is 0.825 bits per heavy atom. The summed E-state index contributed by atoms with van der Waals surface area (Å²) in [4.78, 5) is 42.5. The molecule has 3 amide bonds. The summed E-state index contributed by atoms with van der Waals surface area (Å²) in [6, 6.07) is 32.1. The van der Waals surface area contributed by atoms with E-state index < -0.39 is 17.3 Å². The Hall–Kier alpha value is -4.55. The van der Waals surface area contributed by atoms with E-state index in [0.29, 0.717) is 10.7 Å². The molecule has 3 aliphatic carbocycles. The van der Waals surface area contributed by atoms with Crippen LogP contribution >= 0.6 is 11.6 Å². The molecular weight excluding hydrogens is 522 g/mol. The first-order chi connectivity index (χ1) is 19.5. The number of benzene rings is 4. The fourth-order valence-corrected chi connectivity index (χ4v) is 7.04. The van der Waals surface area contributed by atoms with Gasteiger partial charge in [0.05, 0.1) is 29.4 Å². The van der Waals surface area contributed by atoms with Gasteiger partial charge in [-0.25, -0.2) is 10.3 Å². The summed E-state index contributed by atoms with van der Waals surface area (Å²) in [5, 5.41) is 5.06. The summed E-state index contributed by atoms with van der Waals surface area (Å²) < 4.78 is 0. The lowest BCUT2D eigenvalue weighted by Crippen LogP contribution is -2.54. The van der Waals surface area contributed by atoms with Crippen LogP contribution in [0.3, 0.4) is 0 Å². The van der Waals surface area contributed by atoms with Gasteiger partial charge in [-0.15, -0.1) is 0 Å². The molecule has 8 rings (SSSR count). The SMILES string of the molecule is O=C(Cc1ccc(Cl)cc1)N/N=C\C12c3ccccc3C(c3ccccc31)[C@H]1C(=O)N(c3ccccc3)C(=O)[C@H]12. The van der Waals surface area contributed by atoms with Crippen molar-refractivity contribution in [3.05, 3.63) is 136 Å². The van der Waals surface area contributed by atoms with Crippen molar-refractivity contribution < 1.29 is 14.4 Å². The van der Waals surface area contributed by atoms with E-state index >= 15 is 0 Å². The van der Waals surface area contributed by atoms with Crippen LogP contribution in [0.4, 0.5) is 5.69 Å². The summed E-state index contributed by atoms with van der Waals surface area (Å²) >= 11 is 5.97. The van der Waals surface area contributed by atoms with Crippen molar-refractivity contribution in [3.63, 3.8) is 0 Å². The molecule has 0 saturated carbocycles. The fraction of sp³-hybridized carbons (Fsp3) is 0.152. The zero-order valence-corrected chi connectivity index (χ0v) is 22.1. The molecule has 40 heavy (non-hydrogen) atoms. The maximum absolute atomic E-state index is 14.3. The van der Waals surface area contributed by atoms with Gasteiger partial charge < -0.3 is 0 Å². The minimum atomic E-state index is -1.03. The minimum Gasteiger partial charge on any atom is -0.274 e. The lowest BCUT2D eigenvalue weighted by molar-refractivity contribution is -0.123. The Bertz CT molecular complexity index is 1650. The molecular formula is C33H24ClN3O3. The first-order valence-corrected chi connectivity index (χ1v) is 13.6. The second-order valence-corrected chi connectivity index (χ2v) is 10.9. The molecule has 2 atom stereocenters. The number of hydrogen-bond donors (Lipinski definition) is 1. The van der Waals surface area contributed by atoms with Crippen molar-refractivity contribution in [1.29, 1.82) is 0 Å². The number of imide groups is 1. The van der Waals surface area contributed by atoms with E-state index in [0.717, 1.165) is 27.8 Å². The molecule has 4 aromatic rings. The number of nitrogens with zero attached hydrogens (tertiary/aromatic N) is 2. The zero-order chi connectivity index (χ0) is 27.4. The summed E-state index contributed by atoms with van der Waals surface area (Å²) in [7, 11) is 0. The van der Waals surface area contributed by atoms with Gasteiger partial charge in [-0.05, 0) is 52.1 Å². The van der Waals surface area contributed by atoms with E-state index in [1.54, 1.807) is 42.6 Å². The number of carbonyl (C=O) groups is 3. The summed E-state index contributed by atoms with van der Waals surface area (Å²) in [5.74, 6) is -2.30. The van der Waals surface area contributed by atoms with Gasteiger partial charge in [0.2, 0.25) is 17.7 Å². The van der Waals surface area contributed by atoms with Gasteiger partial charge in [-0.1, -0.05) is 90.5 Å². The van der Waals surface area contributed by atoms with E-state index in [4.69, 9.17) is 11.6 Å². The quantitative estimate of drug-likeness (QED) is 0.212. The molecule has 1 N–H and O–H groups in total. The average Bonchev–Trinajstić information content (AvgIpc) is 3.25. The minimum absolute atomic E-state index is 0.127. The molecule has 0 radical (unpaired) electrons. The Kier molecular flexibility index (Phi) is 5.68. The van der Waals surface area contributed by atoms with Crippen LogP contribution in [-0.4, -0.2) is 23.9 Å². The number of halogens is 1. The van der Waals surface area contributed by atoms with Gasteiger partial charge in [0.1, 0.15) is 0 Å². The van der Waals surface area contributed by atoms with Crippen LogP contribution in [0.25, 0.3) is 0 Å². The molecule has 1 aliphatic heterocycles. The molecule has 6 nitrogen and oxygen atoms in total. The van der Waals surface area contributed by atoms with E-state index in [2.05, 4.69) is 10.5 Å². The van der Waals surface area contributed by atoms with Gasteiger partial charge in [0, 0.05) is 17.2 Å². The van der Waals surface area contributed by atoms with Gasteiger partial charge in [0.25, 0.3) is 0 Å². The van der Waals surface area contributed by atoms with Crippen molar-refractivity contribution in [2.45, 2.75) is 17.8 Å². The predicted molar refractivity (Wildman–Crippen MR) is 153 cm³/mol. The predicted octanol–water partition coefficient (Wildman–Crippen LogP) is 5.24. The molecule has 4 aliphatic rings. The number of carbonyl (C=O) groups excluding carboxylic acids is 3. The summed E-state index contributed by atoms with van der Waals surface area (Å²) in [6.07, 6.45) is 1.80. The van der Waals surface area contributed by atoms with Crippen molar-refractivity contribution in [2.24, 2.45) is 16.9 Å². The van der Waals surface area contributed by atoms with Crippen LogP contribution in [0.5, 0.6) is 0 Å². The van der Waals surface area contributed by atoms with E-state index in [1.807, 2.05) is 66.7 Å². The molecule has 1 fully saturated rings.